The van der Waals surface area contributed by atoms with Crippen LogP contribution < -0.4 is 10.6 Å². The second kappa shape index (κ2) is 6.60. The number of nitrogens with one attached hydrogen (secondary N) is 2. The topological polar surface area (TPSA) is 110 Å². The normalized spacial score (nSPS) is 22.2. The van der Waals surface area contributed by atoms with E-state index in [1.165, 1.54) is 6.20 Å². The highest BCUT2D eigenvalue weighted by Gasteiger charge is 2.23. The number of nitrogens with zero attached hydrogens (tertiary/aromatic N) is 3. The number of aromatic nitrogens is 2. The van der Waals surface area contributed by atoms with Crippen molar-refractivity contribution in [1.82, 2.24) is 9.97 Å². The molecule has 1 aromatic rings. The summed E-state index contributed by atoms with van der Waals surface area (Å²) in [7, 11) is -0.759. The van der Waals surface area contributed by atoms with Crippen molar-refractivity contribution in [3.05, 3.63) is 16.3 Å². The third kappa shape index (κ3) is 3.62. The molecule has 0 bridgehead atoms. The summed E-state index contributed by atoms with van der Waals surface area (Å²) in [6.45, 7) is 2.54. The monoisotopic (exact) mass is 299 g/mol. The van der Waals surface area contributed by atoms with Gasteiger partial charge in [-0.2, -0.15) is 4.98 Å². The number of hydrogen-bond acceptors (Lipinski definition) is 7. The van der Waals surface area contributed by atoms with E-state index in [2.05, 4.69) is 20.6 Å². The van der Waals surface area contributed by atoms with Gasteiger partial charge in [0.15, 0.2) is 0 Å². The summed E-state index contributed by atoms with van der Waals surface area (Å²) >= 11 is 0. The zero-order valence-corrected chi connectivity index (χ0v) is 12.0. The largest absolute Gasteiger partial charge is 0.361 e. The molecule has 110 valence electrons. The Hall–Kier alpha value is -1.77. The maximum absolute atomic E-state index is 11.3. The third-order valence-corrected chi connectivity index (χ3v) is 4.41. The van der Waals surface area contributed by atoms with Gasteiger partial charge >= 0.3 is 5.69 Å². The van der Waals surface area contributed by atoms with E-state index in [1.807, 2.05) is 6.92 Å². The fraction of sp³-hybridized carbons (Fsp3) is 0.636. The predicted molar refractivity (Wildman–Crippen MR) is 77.4 cm³/mol. The first kappa shape index (κ1) is 14.6. The van der Waals surface area contributed by atoms with Gasteiger partial charge in [0.1, 0.15) is 6.20 Å². The molecule has 1 aliphatic heterocycles. The van der Waals surface area contributed by atoms with Crippen LogP contribution >= 0.6 is 0 Å². The van der Waals surface area contributed by atoms with Gasteiger partial charge in [-0.15, -0.1) is 0 Å². The van der Waals surface area contributed by atoms with Crippen molar-refractivity contribution in [2.75, 3.05) is 28.7 Å². The Morgan fingerprint density at radius 3 is 2.80 bits per heavy atom. The molecule has 1 saturated heterocycles. The van der Waals surface area contributed by atoms with Crippen molar-refractivity contribution in [1.29, 1.82) is 0 Å². The summed E-state index contributed by atoms with van der Waals surface area (Å²) in [6, 6.07) is 0.0655. The Morgan fingerprint density at radius 1 is 1.50 bits per heavy atom. The Bertz CT molecular complexity index is 515. The van der Waals surface area contributed by atoms with Crippen LogP contribution in [-0.2, 0) is 10.8 Å². The SMILES string of the molecule is CCNc1ncc([N+](=O)[O-])c(NC2CCS(=O)CC2)n1. The van der Waals surface area contributed by atoms with Crippen molar-refractivity contribution in [2.45, 2.75) is 25.8 Å². The molecule has 2 heterocycles. The number of rotatable bonds is 5. The molecule has 1 aliphatic rings. The Balaban J connectivity index is 2.16. The molecule has 9 heteroatoms. The number of nitro groups is 1. The van der Waals surface area contributed by atoms with Crippen molar-refractivity contribution in [2.24, 2.45) is 0 Å². The van der Waals surface area contributed by atoms with E-state index in [0.717, 1.165) is 12.8 Å². The molecule has 0 unspecified atom stereocenters. The van der Waals surface area contributed by atoms with Crippen molar-refractivity contribution in [3.63, 3.8) is 0 Å². The highest BCUT2D eigenvalue weighted by atomic mass is 32.2. The first-order valence-electron chi connectivity index (χ1n) is 6.47. The molecule has 1 fully saturated rings. The van der Waals surface area contributed by atoms with E-state index in [-0.39, 0.29) is 17.5 Å². The molecule has 0 aliphatic carbocycles. The lowest BCUT2D eigenvalue weighted by Crippen LogP contribution is -2.30. The van der Waals surface area contributed by atoms with E-state index < -0.39 is 15.7 Å². The molecule has 0 aromatic carbocycles. The average molecular weight is 299 g/mol. The van der Waals surface area contributed by atoms with E-state index in [4.69, 9.17) is 0 Å². The number of anilines is 2. The van der Waals surface area contributed by atoms with Crippen LogP contribution in [0.15, 0.2) is 6.20 Å². The molecule has 0 spiro atoms. The van der Waals surface area contributed by atoms with Crippen molar-refractivity contribution >= 4 is 28.3 Å². The van der Waals surface area contributed by atoms with Gasteiger partial charge in [-0.05, 0) is 19.8 Å². The lowest BCUT2D eigenvalue weighted by molar-refractivity contribution is -0.384. The lowest BCUT2D eigenvalue weighted by Gasteiger charge is -2.22. The van der Waals surface area contributed by atoms with Crippen LogP contribution in [0.3, 0.4) is 0 Å². The molecule has 1 aromatic heterocycles. The van der Waals surface area contributed by atoms with Gasteiger partial charge in [0.2, 0.25) is 11.8 Å². The second-order valence-electron chi connectivity index (χ2n) is 4.48. The summed E-state index contributed by atoms with van der Waals surface area (Å²) in [4.78, 5) is 18.5. The first-order chi connectivity index (χ1) is 9.60. The van der Waals surface area contributed by atoms with Gasteiger partial charge in [-0.25, -0.2) is 4.98 Å². The van der Waals surface area contributed by atoms with Crippen LogP contribution in [-0.4, -0.2) is 43.2 Å². The minimum atomic E-state index is -0.759. The maximum Gasteiger partial charge on any atom is 0.329 e. The average Bonchev–Trinajstić information content (AvgIpc) is 2.42. The maximum atomic E-state index is 11.3. The quantitative estimate of drug-likeness (QED) is 0.619. The molecule has 0 amide bonds. The predicted octanol–water partition coefficient (Wildman–Crippen LogP) is 1.14. The Kier molecular flexibility index (Phi) is 4.83. The smallest absolute Gasteiger partial charge is 0.329 e. The molecule has 20 heavy (non-hydrogen) atoms. The second-order valence-corrected chi connectivity index (χ2v) is 6.18. The summed E-state index contributed by atoms with van der Waals surface area (Å²) in [6.07, 6.45) is 2.66. The molecule has 0 saturated carbocycles. The first-order valence-corrected chi connectivity index (χ1v) is 7.95. The van der Waals surface area contributed by atoms with E-state index in [9.17, 15) is 14.3 Å². The van der Waals surface area contributed by atoms with Crippen LogP contribution in [0, 0.1) is 10.1 Å². The Morgan fingerprint density at radius 2 is 2.20 bits per heavy atom. The highest BCUT2D eigenvalue weighted by Crippen LogP contribution is 2.24. The molecule has 2 rings (SSSR count). The zero-order chi connectivity index (χ0) is 14.5. The molecule has 8 nitrogen and oxygen atoms in total. The van der Waals surface area contributed by atoms with Crippen LogP contribution in [0.5, 0.6) is 0 Å². The minimum Gasteiger partial charge on any atom is -0.361 e. The fourth-order valence-electron chi connectivity index (χ4n) is 1.99. The fourth-order valence-corrected chi connectivity index (χ4v) is 3.29. The van der Waals surface area contributed by atoms with Crippen molar-refractivity contribution < 1.29 is 9.13 Å². The Labute approximate surface area is 119 Å². The van der Waals surface area contributed by atoms with E-state index >= 15 is 0 Å². The number of hydrogen-bond donors (Lipinski definition) is 2. The van der Waals surface area contributed by atoms with Gasteiger partial charge < -0.3 is 10.6 Å². The van der Waals surface area contributed by atoms with Gasteiger partial charge in [0.05, 0.1) is 4.92 Å². The molecule has 2 N–H and O–H groups in total. The summed E-state index contributed by atoms with van der Waals surface area (Å²) in [5, 5.41) is 17.0. The summed E-state index contributed by atoms with van der Waals surface area (Å²) in [5.41, 5.74) is -0.140. The van der Waals surface area contributed by atoms with E-state index in [0.29, 0.717) is 24.0 Å². The van der Waals surface area contributed by atoms with Crippen LogP contribution in [0.1, 0.15) is 19.8 Å². The van der Waals surface area contributed by atoms with Crippen LogP contribution in [0.25, 0.3) is 0 Å². The molecular weight excluding hydrogens is 282 g/mol. The third-order valence-electron chi connectivity index (χ3n) is 3.03. The summed E-state index contributed by atoms with van der Waals surface area (Å²) < 4.78 is 11.3. The van der Waals surface area contributed by atoms with Crippen LogP contribution in [0.4, 0.5) is 17.5 Å². The molecule has 0 radical (unpaired) electrons. The van der Waals surface area contributed by atoms with Gasteiger partial charge in [0, 0.05) is 34.9 Å². The zero-order valence-electron chi connectivity index (χ0n) is 11.2. The molecular formula is C11H17N5O3S. The minimum absolute atomic E-state index is 0.0655. The van der Waals surface area contributed by atoms with Gasteiger partial charge in [-0.1, -0.05) is 0 Å². The molecule has 0 atom stereocenters. The standard InChI is InChI=1S/C11H17N5O3S/c1-2-12-11-13-7-9(16(17)18)10(15-11)14-8-3-5-20(19)6-4-8/h7-8H,2-6H2,1H3,(H2,12,13,14,15). The van der Waals surface area contributed by atoms with Gasteiger partial charge in [0.25, 0.3) is 0 Å². The lowest BCUT2D eigenvalue weighted by atomic mass is 10.1. The van der Waals surface area contributed by atoms with Crippen molar-refractivity contribution in [3.8, 4) is 0 Å². The highest BCUT2D eigenvalue weighted by molar-refractivity contribution is 7.85. The summed E-state index contributed by atoms with van der Waals surface area (Å²) in [5.74, 6) is 1.83. The van der Waals surface area contributed by atoms with E-state index in [1.54, 1.807) is 0 Å². The van der Waals surface area contributed by atoms with Gasteiger partial charge in [-0.3, -0.25) is 14.3 Å². The van der Waals surface area contributed by atoms with Crippen LogP contribution in [0.2, 0.25) is 0 Å².